The molecule has 4 rings (SSSR count). The van der Waals surface area contributed by atoms with Crippen molar-refractivity contribution in [2.24, 2.45) is 5.10 Å². The number of nitrogens with zero attached hydrogens (tertiary/aromatic N) is 3. The van der Waals surface area contributed by atoms with Crippen LogP contribution < -0.4 is 5.43 Å². The van der Waals surface area contributed by atoms with E-state index in [1.54, 1.807) is 24.3 Å². The van der Waals surface area contributed by atoms with Gasteiger partial charge in [-0.25, -0.2) is 14.4 Å². The molecular weight excluding hydrogens is 410 g/mol. The molecule has 1 N–H and O–H groups in total. The Morgan fingerprint density at radius 2 is 1.69 bits per heavy atom. The van der Waals surface area contributed by atoms with Crippen molar-refractivity contribution in [2.45, 2.75) is 6.92 Å². The number of para-hydroxylation sites is 1. The highest BCUT2D eigenvalue weighted by Gasteiger charge is 2.11. The van der Waals surface area contributed by atoms with Gasteiger partial charge in [0.25, 0.3) is 0 Å². The molecule has 0 aliphatic heterocycles. The predicted molar refractivity (Wildman–Crippen MR) is 117 cm³/mol. The summed E-state index contributed by atoms with van der Waals surface area (Å²) in [6.45, 7) is 1.84. The summed E-state index contributed by atoms with van der Waals surface area (Å²) < 4.78 is 13.1. The summed E-state index contributed by atoms with van der Waals surface area (Å²) in [7, 11) is 0. The summed E-state index contributed by atoms with van der Waals surface area (Å²) >= 11 is 12.2. The second-order valence-corrected chi connectivity index (χ2v) is 7.17. The molecule has 4 nitrogen and oxygen atoms in total. The molecule has 4 aromatic rings. The summed E-state index contributed by atoms with van der Waals surface area (Å²) in [4.78, 5) is 9.26. The van der Waals surface area contributed by atoms with E-state index in [0.29, 0.717) is 27.4 Å². The second kappa shape index (κ2) is 8.15. The number of hydrogen-bond donors (Lipinski definition) is 1. The number of anilines is 1. The summed E-state index contributed by atoms with van der Waals surface area (Å²) in [5.74, 6) is 0.764. The molecule has 0 aliphatic carbocycles. The summed E-state index contributed by atoms with van der Waals surface area (Å²) in [6, 6.07) is 19.0. The third kappa shape index (κ3) is 4.21. The maximum Gasteiger partial charge on any atom is 0.162 e. The van der Waals surface area contributed by atoms with Crippen LogP contribution in [0.3, 0.4) is 0 Å². The number of nitrogens with one attached hydrogen (secondary N) is 1. The van der Waals surface area contributed by atoms with Gasteiger partial charge in [-0.2, -0.15) is 5.10 Å². The van der Waals surface area contributed by atoms with Crippen LogP contribution in [0.5, 0.6) is 0 Å². The fourth-order valence-electron chi connectivity index (χ4n) is 2.82. The Balaban J connectivity index is 1.75. The first kappa shape index (κ1) is 19.3. The zero-order chi connectivity index (χ0) is 20.4. The highest BCUT2D eigenvalue weighted by Crippen LogP contribution is 2.29. The number of fused-ring (bicyclic) bond motifs is 1. The molecule has 0 bridgehead atoms. The zero-order valence-electron chi connectivity index (χ0n) is 15.3. The standard InChI is InChI=1S/C22H15Cl2FN4/c1-13(14-6-9-16(25)10-7-14)28-29-22-17-4-2-3-5-20(17)26-21(27-22)15-8-11-18(23)19(24)12-15/h2-12H,1H3,(H,26,27,29). The van der Waals surface area contributed by atoms with Crippen LogP contribution in [-0.2, 0) is 0 Å². The molecule has 0 spiro atoms. The Morgan fingerprint density at radius 1 is 0.931 bits per heavy atom. The van der Waals surface area contributed by atoms with Crippen molar-refractivity contribution in [1.82, 2.24) is 9.97 Å². The van der Waals surface area contributed by atoms with Gasteiger partial charge in [0.05, 0.1) is 21.3 Å². The summed E-state index contributed by atoms with van der Waals surface area (Å²) in [6.07, 6.45) is 0. The number of benzene rings is 3. The van der Waals surface area contributed by atoms with E-state index in [9.17, 15) is 4.39 Å². The average Bonchev–Trinajstić information content (AvgIpc) is 2.74. The van der Waals surface area contributed by atoms with Gasteiger partial charge in [-0.1, -0.05) is 47.5 Å². The SMILES string of the molecule is CC(=NNc1nc(-c2ccc(Cl)c(Cl)c2)nc2ccccc12)c1ccc(F)cc1. The van der Waals surface area contributed by atoms with Crippen molar-refractivity contribution < 1.29 is 4.39 Å². The zero-order valence-corrected chi connectivity index (χ0v) is 16.8. The molecule has 0 atom stereocenters. The molecule has 0 radical (unpaired) electrons. The van der Waals surface area contributed by atoms with Crippen LogP contribution in [0.15, 0.2) is 71.8 Å². The molecular formula is C22H15Cl2FN4. The lowest BCUT2D eigenvalue weighted by molar-refractivity contribution is 0.628. The van der Waals surface area contributed by atoms with E-state index in [4.69, 9.17) is 23.2 Å². The van der Waals surface area contributed by atoms with E-state index >= 15 is 0 Å². The highest BCUT2D eigenvalue weighted by atomic mass is 35.5. The topological polar surface area (TPSA) is 50.2 Å². The Hall–Kier alpha value is -3.02. The van der Waals surface area contributed by atoms with Gasteiger partial charge in [-0.15, -0.1) is 0 Å². The minimum Gasteiger partial charge on any atom is -0.260 e. The smallest absolute Gasteiger partial charge is 0.162 e. The maximum atomic E-state index is 13.1. The minimum atomic E-state index is -0.289. The van der Waals surface area contributed by atoms with Crippen LogP contribution in [0.25, 0.3) is 22.3 Å². The molecule has 0 fully saturated rings. The predicted octanol–water partition coefficient (Wildman–Crippen LogP) is 6.58. The maximum absolute atomic E-state index is 13.1. The van der Waals surface area contributed by atoms with Gasteiger partial charge in [0.1, 0.15) is 5.82 Å². The fraction of sp³-hybridized carbons (Fsp3) is 0.0455. The van der Waals surface area contributed by atoms with Gasteiger partial charge in [0.2, 0.25) is 0 Å². The van der Waals surface area contributed by atoms with Gasteiger partial charge < -0.3 is 0 Å². The molecule has 0 aliphatic rings. The lowest BCUT2D eigenvalue weighted by atomic mass is 10.1. The van der Waals surface area contributed by atoms with Gasteiger partial charge in [-0.05, 0) is 55.0 Å². The van der Waals surface area contributed by atoms with E-state index in [1.807, 2.05) is 37.3 Å². The van der Waals surface area contributed by atoms with Crippen LogP contribution in [0.2, 0.25) is 10.0 Å². The normalized spacial score (nSPS) is 11.7. The van der Waals surface area contributed by atoms with Crippen molar-refractivity contribution in [3.8, 4) is 11.4 Å². The van der Waals surface area contributed by atoms with Gasteiger partial charge in [-0.3, -0.25) is 5.43 Å². The molecule has 29 heavy (non-hydrogen) atoms. The quantitative estimate of drug-likeness (QED) is 0.297. The molecule has 0 saturated carbocycles. The van der Waals surface area contributed by atoms with Gasteiger partial charge in [0.15, 0.2) is 11.6 Å². The summed E-state index contributed by atoms with van der Waals surface area (Å²) in [5.41, 5.74) is 6.03. The van der Waals surface area contributed by atoms with Gasteiger partial charge in [0, 0.05) is 10.9 Å². The summed E-state index contributed by atoms with van der Waals surface area (Å²) in [5, 5.41) is 6.14. The Morgan fingerprint density at radius 3 is 2.45 bits per heavy atom. The molecule has 0 saturated heterocycles. The van der Waals surface area contributed by atoms with E-state index in [2.05, 4.69) is 20.5 Å². The highest BCUT2D eigenvalue weighted by molar-refractivity contribution is 6.42. The molecule has 7 heteroatoms. The monoisotopic (exact) mass is 424 g/mol. The molecule has 144 valence electrons. The largest absolute Gasteiger partial charge is 0.260 e. The van der Waals surface area contributed by atoms with Crippen molar-refractivity contribution in [1.29, 1.82) is 0 Å². The van der Waals surface area contributed by atoms with Crippen molar-refractivity contribution in [2.75, 3.05) is 5.43 Å². The number of rotatable bonds is 4. The van der Waals surface area contributed by atoms with Crippen molar-refractivity contribution in [3.63, 3.8) is 0 Å². The number of halogens is 3. The van der Waals surface area contributed by atoms with Crippen LogP contribution in [0.4, 0.5) is 10.2 Å². The average molecular weight is 425 g/mol. The van der Waals surface area contributed by atoms with E-state index in [-0.39, 0.29) is 5.82 Å². The first-order chi connectivity index (χ1) is 14.0. The molecule has 1 aromatic heterocycles. The Bertz CT molecular complexity index is 1220. The second-order valence-electron chi connectivity index (χ2n) is 6.36. The Labute approximate surface area is 177 Å². The first-order valence-corrected chi connectivity index (χ1v) is 9.55. The fourth-order valence-corrected chi connectivity index (χ4v) is 3.12. The van der Waals surface area contributed by atoms with Crippen molar-refractivity contribution in [3.05, 3.63) is 88.2 Å². The van der Waals surface area contributed by atoms with Crippen LogP contribution in [0, 0.1) is 5.82 Å². The lowest BCUT2D eigenvalue weighted by Gasteiger charge is -2.10. The number of aromatic nitrogens is 2. The molecule has 3 aromatic carbocycles. The van der Waals surface area contributed by atoms with E-state index in [1.165, 1.54) is 12.1 Å². The van der Waals surface area contributed by atoms with E-state index in [0.717, 1.165) is 22.0 Å². The molecule has 1 heterocycles. The third-order valence-corrected chi connectivity index (χ3v) is 5.11. The molecule has 0 amide bonds. The van der Waals surface area contributed by atoms with Crippen molar-refractivity contribution >= 4 is 45.6 Å². The van der Waals surface area contributed by atoms with E-state index < -0.39 is 0 Å². The first-order valence-electron chi connectivity index (χ1n) is 8.80. The van der Waals surface area contributed by atoms with Gasteiger partial charge >= 0.3 is 0 Å². The number of hydrazone groups is 1. The van der Waals surface area contributed by atoms with Crippen LogP contribution in [-0.4, -0.2) is 15.7 Å². The Kier molecular flexibility index (Phi) is 5.43. The van der Waals surface area contributed by atoms with Crippen LogP contribution in [0.1, 0.15) is 12.5 Å². The minimum absolute atomic E-state index is 0.289. The number of hydrogen-bond acceptors (Lipinski definition) is 4. The third-order valence-electron chi connectivity index (χ3n) is 4.37. The lowest BCUT2D eigenvalue weighted by Crippen LogP contribution is -2.03. The molecule has 0 unspecified atom stereocenters. The van der Waals surface area contributed by atoms with Crippen LogP contribution >= 0.6 is 23.2 Å².